The zero-order chi connectivity index (χ0) is 19.8. The maximum atomic E-state index is 12.0. The summed E-state index contributed by atoms with van der Waals surface area (Å²) in [7, 11) is -3.72. The van der Waals surface area contributed by atoms with Crippen LogP contribution >= 0.6 is 0 Å². The monoisotopic (exact) mass is 394 g/mol. The van der Waals surface area contributed by atoms with E-state index in [0.717, 1.165) is 17.6 Å². The lowest BCUT2D eigenvalue weighted by atomic mass is 10.2. The summed E-state index contributed by atoms with van der Waals surface area (Å²) in [5.74, 6) is 0. The van der Waals surface area contributed by atoms with Gasteiger partial charge < -0.3 is 9.64 Å². The molecule has 146 valence electrons. The van der Waals surface area contributed by atoms with Gasteiger partial charge in [0.25, 0.3) is 0 Å². The number of sulfone groups is 1. The van der Waals surface area contributed by atoms with Crippen molar-refractivity contribution >= 4 is 21.2 Å². The molecule has 1 aromatic heterocycles. The fourth-order valence-corrected chi connectivity index (χ4v) is 4.21. The highest BCUT2D eigenvalue weighted by Gasteiger charge is 2.31. The quantitative estimate of drug-likeness (QED) is 0.561. The van der Waals surface area contributed by atoms with Crippen molar-refractivity contribution in [2.24, 2.45) is 0 Å². The molecule has 1 aliphatic heterocycles. The number of para-hydroxylation sites is 1. The van der Waals surface area contributed by atoms with Crippen LogP contribution in [0.25, 0.3) is 0 Å². The van der Waals surface area contributed by atoms with Crippen LogP contribution in [-0.2, 0) is 21.1 Å². The summed E-state index contributed by atoms with van der Waals surface area (Å²) in [6, 6.07) is 6.36. The fraction of sp³-hybridized carbons (Fsp3) is 0.471. The van der Waals surface area contributed by atoms with Gasteiger partial charge >= 0.3 is 5.69 Å². The lowest BCUT2D eigenvalue weighted by molar-refractivity contribution is -0.387. The van der Waals surface area contributed by atoms with Gasteiger partial charge in [-0.05, 0) is 32.0 Å². The second-order valence-electron chi connectivity index (χ2n) is 6.70. The zero-order valence-corrected chi connectivity index (χ0v) is 16.3. The first kappa shape index (κ1) is 19.3. The number of nitro groups is 1. The first-order valence-electron chi connectivity index (χ1n) is 8.52. The zero-order valence-electron chi connectivity index (χ0n) is 15.5. The Hall–Kier alpha value is -2.46. The van der Waals surface area contributed by atoms with Gasteiger partial charge in [-0.3, -0.25) is 14.8 Å². The molecule has 0 N–H and O–H groups in total. The molecule has 0 bridgehead atoms. The van der Waals surface area contributed by atoms with Crippen LogP contribution in [0.3, 0.4) is 0 Å². The number of nitro benzene ring substituents is 1. The second kappa shape index (κ2) is 7.28. The number of morpholine rings is 1. The van der Waals surface area contributed by atoms with Crippen LogP contribution in [0.2, 0.25) is 0 Å². The maximum absolute atomic E-state index is 12.0. The van der Waals surface area contributed by atoms with Crippen molar-refractivity contribution in [2.75, 3.05) is 30.9 Å². The number of ether oxygens (including phenoxy) is 1. The first-order chi connectivity index (χ1) is 12.7. The van der Waals surface area contributed by atoms with Gasteiger partial charge in [0.05, 0.1) is 29.9 Å². The second-order valence-corrected chi connectivity index (χ2v) is 8.69. The van der Waals surface area contributed by atoms with E-state index in [1.807, 2.05) is 29.5 Å². The van der Waals surface area contributed by atoms with Gasteiger partial charge in [0.2, 0.25) is 0 Å². The summed E-state index contributed by atoms with van der Waals surface area (Å²) in [5.41, 5.74) is 1.84. The summed E-state index contributed by atoms with van der Waals surface area (Å²) in [5, 5.41) is 16.0. The predicted octanol–water partition coefficient (Wildman–Crippen LogP) is 1.72. The molecular formula is C17H22N4O5S. The Morgan fingerprint density at radius 1 is 1.37 bits per heavy atom. The maximum Gasteiger partial charge on any atom is 0.311 e. The van der Waals surface area contributed by atoms with Crippen molar-refractivity contribution in [1.29, 1.82) is 0 Å². The van der Waals surface area contributed by atoms with Crippen molar-refractivity contribution in [3.05, 3.63) is 45.8 Å². The van der Waals surface area contributed by atoms with E-state index in [9.17, 15) is 18.5 Å². The van der Waals surface area contributed by atoms with Gasteiger partial charge in [-0.1, -0.05) is 6.07 Å². The molecule has 0 radical (unpaired) electrons. The number of aryl methyl sites for hydroxylation is 2. The van der Waals surface area contributed by atoms with E-state index in [1.54, 1.807) is 6.07 Å². The molecule has 1 unspecified atom stereocenters. The van der Waals surface area contributed by atoms with Crippen molar-refractivity contribution in [2.45, 2.75) is 31.4 Å². The molecule has 9 nitrogen and oxygen atoms in total. The van der Waals surface area contributed by atoms with Crippen LogP contribution in [0.5, 0.6) is 0 Å². The average Bonchev–Trinajstić information content (AvgIpc) is 2.90. The van der Waals surface area contributed by atoms with Crippen LogP contribution in [0.4, 0.5) is 11.4 Å². The lowest BCUT2D eigenvalue weighted by Crippen LogP contribution is -2.44. The Labute approximate surface area is 157 Å². The molecular weight excluding hydrogens is 372 g/mol. The molecule has 3 rings (SSSR count). The van der Waals surface area contributed by atoms with E-state index in [4.69, 9.17) is 4.74 Å². The smallest absolute Gasteiger partial charge is 0.311 e. The molecule has 1 aliphatic rings. The third-order valence-corrected chi connectivity index (χ3v) is 5.65. The SMILES string of the molecule is Cc1cc(C)n(CC2CN(c3cccc(S(C)(=O)=O)c3[N+](=O)[O-])CCO2)n1. The molecule has 0 amide bonds. The minimum absolute atomic E-state index is 0.210. The van der Waals surface area contributed by atoms with E-state index >= 15 is 0 Å². The van der Waals surface area contributed by atoms with E-state index in [-0.39, 0.29) is 16.7 Å². The van der Waals surface area contributed by atoms with E-state index in [1.165, 1.54) is 12.1 Å². The normalized spacial score (nSPS) is 17.9. The van der Waals surface area contributed by atoms with Crippen LogP contribution in [0.1, 0.15) is 11.4 Å². The highest BCUT2D eigenvalue weighted by molar-refractivity contribution is 7.90. The summed E-state index contributed by atoms with van der Waals surface area (Å²) in [6.07, 6.45) is 0.766. The summed E-state index contributed by atoms with van der Waals surface area (Å²) < 4.78 is 31.6. The molecule has 1 aromatic carbocycles. The Morgan fingerprint density at radius 3 is 2.70 bits per heavy atom. The van der Waals surface area contributed by atoms with E-state index in [2.05, 4.69) is 5.10 Å². The highest BCUT2D eigenvalue weighted by Crippen LogP contribution is 2.35. The third kappa shape index (κ3) is 4.11. The number of hydrogen-bond acceptors (Lipinski definition) is 7. The number of anilines is 1. The number of benzene rings is 1. The van der Waals surface area contributed by atoms with Crippen LogP contribution in [0.15, 0.2) is 29.2 Å². The summed E-state index contributed by atoms with van der Waals surface area (Å²) in [4.78, 5) is 12.5. The minimum Gasteiger partial charge on any atom is -0.373 e. The fourth-order valence-electron chi connectivity index (χ4n) is 3.35. The Balaban J connectivity index is 1.90. The molecule has 10 heteroatoms. The van der Waals surface area contributed by atoms with Crippen molar-refractivity contribution < 1.29 is 18.1 Å². The van der Waals surface area contributed by atoms with Crippen molar-refractivity contribution in [1.82, 2.24) is 9.78 Å². The Kier molecular flexibility index (Phi) is 5.20. The van der Waals surface area contributed by atoms with Gasteiger partial charge in [0.15, 0.2) is 9.84 Å². The molecule has 0 saturated carbocycles. The molecule has 0 aliphatic carbocycles. The van der Waals surface area contributed by atoms with Gasteiger partial charge in [-0.25, -0.2) is 8.42 Å². The van der Waals surface area contributed by atoms with Gasteiger partial charge in [-0.2, -0.15) is 5.10 Å². The molecule has 2 aromatic rings. The van der Waals surface area contributed by atoms with Crippen LogP contribution in [0, 0.1) is 24.0 Å². The largest absolute Gasteiger partial charge is 0.373 e. The van der Waals surface area contributed by atoms with Crippen LogP contribution < -0.4 is 4.90 Å². The first-order valence-corrected chi connectivity index (χ1v) is 10.4. The Bertz CT molecular complexity index is 970. The van der Waals surface area contributed by atoms with Crippen molar-refractivity contribution in [3.8, 4) is 0 Å². The van der Waals surface area contributed by atoms with Crippen LogP contribution in [-0.4, -0.2) is 55.2 Å². The number of nitrogens with zero attached hydrogens (tertiary/aromatic N) is 4. The number of aromatic nitrogens is 2. The number of rotatable bonds is 5. The van der Waals surface area contributed by atoms with E-state index < -0.39 is 14.8 Å². The summed E-state index contributed by atoms with van der Waals surface area (Å²) in [6.45, 7) is 5.65. The predicted molar refractivity (Wildman–Crippen MR) is 99.9 cm³/mol. The summed E-state index contributed by atoms with van der Waals surface area (Å²) >= 11 is 0. The molecule has 1 saturated heterocycles. The lowest BCUT2D eigenvalue weighted by Gasteiger charge is -2.34. The molecule has 0 spiro atoms. The standard InChI is InChI=1S/C17H22N4O5S/c1-12-9-13(2)20(18-12)11-14-10-19(7-8-26-14)15-5-4-6-16(27(3,24)25)17(15)21(22)23/h4-6,9,14H,7-8,10-11H2,1-3H3. The molecule has 1 atom stereocenters. The Morgan fingerprint density at radius 2 is 2.11 bits per heavy atom. The number of hydrogen-bond donors (Lipinski definition) is 0. The average molecular weight is 394 g/mol. The molecule has 1 fully saturated rings. The topological polar surface area (TPSA) is 108 Å². The third-order valence-electron chi connectivity index (χ3n) is 4.52. The minimum atomic E-state index is -3.72. The van der Waals surface area contributed by atoms with Crippen molar-refractivity contribution in [3.63, 3.8) is 0 Å². The van der Waals surface area contributed by atoms with Gasteiger partial charge in [0.1, 0.15) is 10.6 Å². The molecule has 2 heterocycles. The van der Waals surface area contributed by atoms with E-state index in [0.29, 0.717) is 31.9 Å². The highest BCUT2D eigenvalue weighted by atomic mass is 32.2. The van der Waals surface area contributed by atoms with Gasteiger partial charge in [-0.15, -0.1) is 0 Å². The van der Waals surface area contributed by atoms with Gasteiger partial charge in [0, 0.05) is 25.0 Å². The molecule has 27 heavy (non-hydrogen) atoms.